The van der Waals surface area contributed by atoms with Gasteiger partial charge < -0.3 is 10.4 Å². The van der Waals surface area contributed by atoms with Crippen molar-refractivity contribution in [2.45, 2.75) is 46.1 Å². The Hall–Kier alpha value is -1.79. The number of rotatable bonds is 2. The van der Waals surface area contributed by atoms with Crippen LogP contribution in [0.15, 0.2) is 18.2 Å². The summed E-state index contributed by atoms with van der Waals surface area (Å²) in [6.45, 7) is 6.26. The second kappa shape index (κ2) is 6.32. The van der Waals surface area contributed by atoms with Gasteiger partial charge in [-0.1, -0.05) is 31.8 Å². The minimum absolute atomic E-state index is 0.0373. The third-order valence-corrected chi connectivity index (χ3v) is 4.11. The monoisotopic (exact) mass is 285 g/mol. The van der Waals surface area contributed by atoms with Crippen LogP contribution in [0.1, 0.15) is 54.6 Å². The number of amides is 1. The molecule has 1 amide bonds. The fourth-order valence-corrected chi connectivity index (χ4v) is 2.86. The SMILES string of the molecule is Cc1ccc(C(=O)NC2CCC(C)(C)C2)cc1C#CCO. The molecule has 0 aromatic heterocycles. The summed E-state index contributed by atoms with van der Waals surface area (Å²) < 4.78 is 0. The molecule has 1 aliphatic carbocycles. The second-order valence-electron chi connectivity index (χ2n) is 6.57. The number of carbonyl (C=O) groups excluding carboxylic acids is 1. The Bertz CT molecular complexity index is 593. The van der Waals surface area contributed by atoms with Crippen molar-refractivity contribution >= 4 is 5.91 Å². The molecule has 0 spiro atoms. The molecule has 21 heavy (non-hydrogen) atoms. The molecule has 0 heterocycles. The van der Waals surface area contributed by atoms with E-state index in [9.17, 15) is 4.79 Å². The Morgan fingerprint density at radius 2 is 2.24 bits per heavy atom. The number of hydrogen-bond donors (Lipinski definition) is 2. The molecule has 3 heteroatoms. The first-order chi connectivity index (χ1) is 9.91. The van der Waals surface area contributed by atoms with Crippen molar-refractivity contribution in [3.8, 4) is 11.8 Å². The van der Waals surface area contributed by atoms with Crippen molar-refractivity contribution in [3.05, 3.63) is 34.9 Å². The highest BCUT2D eigenvalue weighted by Gasteiger charge is 2.31. The highest BCUT2D eigenvalue weighted by Crippen LogP contribution is 2.36. The molecule has 1 aromatic rings. The average molecular weight is 285 g/mol. The zero-order valence-corrected chi connectivity index (χ0v) is 13.0. The summed E-state index contributed by atoms with van der Waals surface area (Å²) in [7, 11) is 0. The van der Waals surface area contributed by atoms with Gasteiger partial charge in [-0.3, -0.25) is 4.79 Å². The Labute approximate surface area is 126 Å². The van der Waals surface area contributed by atoms with Crippen LogP contribution in [0, 0.1) is 24.2 Å². The van der Waals surface area contributed by atoms with E-state index in [1.54, 1.807) is 6.07 Å². The summed E-state index contributed by atoms with van der Waals surface area (Å²) in [5.41, 5.74) is 2.76. The lowest BCUT2D eigenvalue weighted by atomic mass is 9.92. The van der Waals surface area contributed by atoms with Crippen molar-refractivity contribution in [1.29, 1.82) is 0 Å². The summed E-state index contributed by atoms with van der Waals surface area (Å²) in [4.78, 5) is 12.3. The van der Waals surface area contributed by atoms with Crippen LogP contribution < -0.4 is 5.32 Å². The first-order valence-electron chi connectivity index (χ1n) is 7.42. The van der Waals surface area contributed by atoms with Gasteiger partial charge in [0.2, 0.25) is 0 Å². The predicted octanol–water partition coefficient (Wildman–Crippen LogP) is 2.65. The van der Waals surface area contributed by atoms with E-state index in [1.807, 2.05) is 19.1 Å². The van der Waals surface area contributed by atoms with Gasteiger partial charge in [-0.05, 0) is 49.3 Å². The Kier molecular flexibility index (Phi) is 4.69. The van der Waals surface area contributed by atoms with Gasteiger partial charge in [0.25, 0.3) is 5.91 Å². The van der Waals surface area contributed by atoms with E-state index in [-0.39, 0.29) is 18.6 Å². The number of carbonyl (C=O) groups is 1. The summed E-state index contributed by atoms with van der Waals surface area (Å²) in [5.74, 6) is 5.48. The molecular formula is C18H23NO2. The molecule has 0 saturated heterocycles. The van der Waals surface area contributed by atoms with E-state index in [0.717, 1.165) is 30.4 Å². The third-order valence-electron chi connectivity index (χ3n) is 4.11. The molecule has 1 atom stereocenters. The molecule has 0 radical (unpaired) electrons. The van der Waals surface area contributed by atoms with Crippen molar-refractivity contribution < 1.29 is 9.90 Å². The van der Waals surface area contributed by atoms with Gasteiger partial charge in [0.05, 0.1) is 0 Å². The molecule has 112 valence electrons. The lowest BCUT2D eigenvalue weighted by molar-refractivity contribution is 0.0936. The van der Waals surface area contributed by atoms with Gasteiger partial charge in [0.15, 0.2) is 0 Å². The summed E-state index contributed by atoms with van der Waals surface area (Å²) in [5, 5.41) is 11.9. The maximum atomic E-state index is 12.3. The van der Waals surface area contributed by atoms with Gasteiger partial charge in [-0.2, -0.15) is 0 Å². The maximum absolute atomic E-state index is 12.3. The molecule has 1 fully saturated rings. The van der Waals surface area contributed by atoms with E-state index >= 15 is 0 Å². The molecule has 1 saturated carbocycles. The molecule has 0 bridgehead atoms. The minimum Gasteiger partial charge on any atom is -0.384 e. The summed E-state index contributed by atoms with van der Waals surface area (Å²) in [6, 6.07) is 5.79. The van der Waals surface area contributed by atoms with E-state index < -0.39 is 0 Å². The highest BCUT2D eigenvalue weighted by atomic mass is 16.2. The van der Waals surface area contributed by atoms with Crippen molar-refractivity contribution in [1.82, 2.24) is 5.32 Å². The molecule has 3 nitrogen and oxygen atoms in total. The quantitative estimate of drug-likeness (QED) is 0.821. The number of aryl methyl sites for hydroxylation is 1. The lowest BCUT2D eigenvalue weighted by Gasteiger charge is -2.18. The van der Waals surface area contributed by atoms with Crippen LogP contribution in [-0.4, -0.2) is 23.7 Å². The molecule has 2 N–H and O–H groups in total. The van der Waals surface area contributed by atoms with Crippen molar-refractivity contribution in [2.24, 2.45) is 5.41 Å². The highest BCUT2D eigenvalue weighted by molar-refractivity contribution is 5.94. The average Bonchev–Trinajstić information content (AvgIpc) is 2.77. The number of hydrogen-bond acceptors (Lipinski definition) is 2. The van der Waals surface area contributed by atoms with Crippen LogP contribution in [0.4, 0.5) is 0 Å². The van der Waals surface area contributed by atoms with Gasteiger partial charge in [0.1, 0.15) is 6.61 Å². The molecule has 2 rings (SSSR count). The minimum atomic E-state index is -0.174. The molecule has 0 aliphatic heterocycles. The predicted molar refractivity (Wildman–Crippen MR) is 84.0 cm³/mol. The fourth-order valence-electron chi connectivity index (χ4n) is 2.86. The third kappa shape index (κ3) is 4.09. The van der Waals surface area contributed by atoms with Gasteiger partial charge >= 0.3 is 0 Å². The topological polar surface area (TPSA) is 49.3 Å². The summed E-state index contributed by atoms with van der Waals surface area (Å²) in [6.07, 6.45) is 3.22. The Balaban J connectivity index is 2.09. The molecule has 1 aliphatic rings. The number of aliphatic hydroxyl groups is 1. The van der Waals surface area contributed by atoms with E-state index in [2.05, 4.69) is 31.0 Å². The summed E-state index contributed by atoms with van der Waals surface area (Å²) >= 11 is 0. The largest absolute Gasteiger partial charge is 0.384 e. The first kappa shape index (κ1) is 15.6. The van der Waals surface area contributed by atoms with Crippen LogP contribution in [0.25, 0.3) is 0 Å². The maximum Gasteiger partial charge on any atom is 0.251 e. The number of benzene rings is 1. The van der Waals surface area contributed by atoms with Crippen LogP contribution >= 0.6 is 0 Å². The molecule has 1 aromatic carbocycles. The van der Waals surface area contributed by atoms with E-state index in [1.165, 1.54) is 0 Å². The van der Waals surface area contributed by atoms with Crippen molar-refractivity contribution in [3.63, 3.8) is 0 Å². The van der Waals surface area contributed by atoms with E-state index in [4.69, 9.17) is 5.11 Å². The standard InChI is InChI=1S/C18H23NO2/c1-13-6-7-15(11-14(13)5-4-10-20)17(21)19-16-8-9-18(2,3)12-16/h6-7,11,16,20H,8-10,12H2,1-3H3,(H,19,21). The Morgan fingerprint density at radius 1 is 1.48 bits per heavy atom. The number of nitrogens with one attached hydrogen (secondary N) is 1. The number of aliphatic hydroxyl groups excluding tert-OH is 1. The zero-order chi connectivity index (χ0) is 15.5. The van der Waals surface area contributed by atoms with Crippen molar-refractivity contribution in [2.75, 3.05) is 6.61 Å². The van der Waals surface area contributed by atoms with Crippen LogP contribution in [0.3, 0.4) is 0 Å². The van der Waals surface area contributed by atoms with Crippen LogP contribution in [0.5, 0.6) is 0 Å². The molecule has 1 unspecified atom stereocenters. The molecular weight excluding hydrogens is 262 g/mol. The van der Waals surface area contributed by atoms with E-state index in [0.29, 0.717) is 11.0 Å². The van der Waals surface area contributed by atoms with Crippen LogP contribution in [0.2, 0.25) is 0 Å². The van der Waals surface area contributed by atoms with Crippen LogP contribution in [-0.2, 0) is 0 Å². The fraction of sp³-hybridized carbons (Fsp3) is 0.500. The Morgan fingerprint density at radius 3 is 2.86 bits per heavy atom. The second-order valence-corrected chi connectivity index (χ2v) is 6.57. The van der Waals surface area contributed by atoms with Gasteiger partial charge in [0, 0.05) is 17.2 Å². The lowest BCUT2D eigenvalue weighted by Crippen LogP contribution is -2.33. The first-order valence-corrected chi connectivity index (χ1v) is 7.42. The normalized spacial score (nSPS) is 19.7. The van der Waals surface area contributed by atoms with Gasteiger partial charge in [-0.15, -0.1) is 0 Å². The van der Waals surface area contributed by atoms with Gasteiger partial charge in [-0.25, -0.2) is 0 Å². The zero-order valence-electron chi connectivity index (χ0n) is 13.0. The smallest absolute Gasteiger partial charge is 0.251 e.